The normalized spacial score (nSPS) is 11.1. The highest BCUT2D eigenvalue weighted by molar-refractivity contribution is 7.07. The van der Waals surface area contributed by atoms with Crippen LogP contribution in [0.3, 0.4) is 0 Å². The first-order valence-electron chi connectivity index (χ1n) is 7.11. The molecule has 2 aromatic rings. The van der Waals surface area contributed by atoms with Crippen LogP contribution in [0.2, 0.25) is 5.02 Å². The lowest BCUT2D eigenvalue weighted by atomic mass is 10.2. The van der Waals surface area contributed by atoms with Gasteiger partial charge in [0.15, 0.2) is 5.57 Å². The van der Waals surface area contributed by atoms with E-state index in [2.05, 4.69) is 0 Å². The van der Waals surface area contributed by atoms with Crippen molar-refractivity contribution >= 4 is 34.6 Å². The average molecular weight is 360 g/mol. The SMILES string of the molecule is COCCCn1c(=C(C#N)C#N)sc(=Cc2ccc(Cl)cc2)c1=O. The lowest BCUT2D eigenvalue weighted by molar-refractivity contribution is 0.190. The first-order chi connectivity index (χ1) is 11.6. The summed E-state index contributed by atoms with van der Waals surface area (Å²) < 4.78 is 7.31. The van der Waals surface area contributed by atoms with Gasteiger partial charge < -0.3 is 4.74 Å². The van der Waals surface area contributed by atoms with E-state index in [9.17, 15) is 4.79 Å². The minimum absolute atomic E-state index is 0.0646. The molecule has 1 aromatic heterocycles. The first-order valence-corrected chi connectivity index (χ1v) is 8.30. The summed E-state index contributed by atoms with van der Waals surface area (Å²) >= 11 is 7.00. The molecule has 2 rings (SSSR count). The van der Waals surface area contributed by atoms with Crippen LogP contribution in [0, 0.1) is 22.7 Å². The summed E-state index contributed by atoms with van der Waals surface area (Å²) in [4.78, 5) is 12.6. The van der Waals surface area contributed by atoms with E-state index in [0.29, 0.717) is 33.8 Å². The Morgan fingerprint density at radius 3 is 2.58 bits per heavy atom. The number of rotatable bonds is 5. The van der Waals surface area contributed by atoms with E-state index in [4.69, 9.17) is 26.9 Å². The number of hydrogen-bond donors (Lipinski definition) is 0. The van der Waals surface area contributed by atoms with E-state index in [1.807, 2.05) is 12.1 Å². The Labute approximate surface area is 147 Å². The van der Waals surface area contributed by atoms with Crippen molar-refractivity contribution in [2.24, 2.45) is 0 Å². The predicted octanol–water partition coefficient (Wildman–Crippen LogP) is 1.63. The monoisotopic (exact) mass is 359 g/mol. The van der Waals surface area contributed by atoms with Crippen molar-refractivity contribution in [1.82, 2.24) is 4.57 Å². The highest BCUT2D eigenvalue weighted by atomic mass is 35.5. The van der Waals surface area contributed by atoms with Gasteiger partial charge in [-0.2, -0.15) is 10.5 Å². The molecule has 0 spiro atoms. The molecule has 7 heteroatoms. The van der Waals surface area contributed by atoms with Gasteiger partial charge in [0.25, 0.3) is 5.56 Å². The van der Waals surface area contributed by atoms with Gasteiger partial charge >= 0.3 is 0 Å². The molecule has 0 fully saturated rings. The minimum atomic E-state index is -0.218. The van der Waals surface area contributed by atoms with E-state index >= 15 is 0 Å². The molecule has 0 aliphatic rings. The molecule has 0 saturated carbocycles. The highest BCUT2D eigenvalue weighted by Crippen LogP contribution is 2.09. The summed E-state index contributed by atoms with van der Waals surface area (Å²) in [6.45, 7) is 0.881. The van der Waals surface area contributed by atoms with Crippen molar-refractivity contribution in [2.45, 2.75) is 13.0 Å². The van der Waals surface area contributed by atoms with Gasteiger partial charge in [-0.05, 0) is 30.2 Å². The standard InChI is InChI=1S/C17H14ClN3O2S/c1-23-8-2-7-21-16(22)15(24-17(21)13(10-19)11-20)9-12-3-5-14(18)6-4-12/h3-6,9H,2,7-8H2,1H3. The van der Waals surface area contributed by atoms with E-state index in [0.717, 1.165) is 16.9 Å². The van der Waals surface area contributed by atoms with Gasteiger partial charge in [0.2, 0.25) is 0 Å². The van der Waals surface area contributed by atoms with Crippen LogP contribution in [0.1, 0.15) is 12.0 Å². The van der Waals surface area contributed by atoms with E-state index in [-0.39, 0.29) is 11.1 Å². The number of benzene rings is 1. The zero-order valence-corrected chi connectivity index (χ0v) is 14.5. The van der Waals surface area contributed by atoms with Crippen molar-refractivity contribution in [3.05, 3.63) is 54.4 Å². The van der Waals surface area contributed by atoms with E-state index in [1.54, 1.807) is 37.5 Å². The Morgan fingerprint density at radius 2 is 2.00 bits per heavy atom. The smallest absolute Gasteiger partial charge is 0.269 e. The summed E-state index contributed by atoms with van der Waals surface area (Å²) in [5, 5.41) is 18.9. The molecule has 0 N–H and O–H groups in total. The molecular weight excluding hydrogens is 346 g/mol. The molecule has 0 radical (unpaired) electrons. The Hall–Kier alpha value is -2.38. The number of aromatic nitrogens is 1. The third kappa shape index (κ3) is 4.12. The molecule has 0 amide bonds. The molecule has 1 aromatic carbocycles. The van der Waals surface area contributed by atoms with Gasteiger partial charge in [-0.1, -0.05) is 23.7 Å². The number of nitriles is 2. The molecule has 0 aliphatic carbocycles. The quantitative estimate of drug-likeness (QED) is 0.760. The Bertz CT molecular complexity index is 959. The zero-order chi connectivity index (χ0) is 17.5. The van der Waals surface area contributed by atoms with Crippen LogP contribution in [0.15, 0.2) is 29.1 Å². The van der Waals surface area contributed by atoms with Crippen LogP contribution in [-0.4, -0.2) is 18.3 Å². The van der Waals surface area contributed by atoms with Gasteiger partial charge in [0, 0.05) is 25.3 Å². The molecule has 0 aliphatic heterocycles. The second-order valence-corrected chi connectivity index (χ2v) is 6.34. The van der Waals surface area contributed by atoms with Gasteiger partial charge in [0.05, 0.1) is 4.53 Å². The number of methoxy groups -OCH3 is 1. The first kappa shape index (κ1) is 18.0. The fourth-order valence-electron chi connectivity index (χ4n) is 2.11. The van der Waals surface area contributed by atoms with Crippen molar-refractivity contribution in [3.63, 3.8) is 0 Å². The Kier molecular flexibility index (Phi) is 6.34. The molecule has 1 heterocycles. The highest BCUT2D eigenvalue weighted by Gasteiger charge is 2.09. The molecular formula is C17H14ClN3O2S. The van der Waals surface area contributed by atoms with Crippen molar-refractivity contribution in [3.8, 4) is 12.1 Å². The van der Waals surface area contributed by atoms with Crippen molar-refractivity contribution in [2.75, 3.05) is 13.7 Å². The van der Waals surface area contributed by atoms with Crippen LogP contribution in [0.4, 0.5) is 0 Å². The van der Waals surface area contributed by atoms with Crippen molar-refractivity contribution in [1.29, 1.82) is 10.5 Å². The molecule has 122 valence electrons. The summed E-state index contributed by atoms with van der Waals surface area (Å²) in [6, 6.07) is 10.8. The largest absolute Gasteiger partial charge is 0.385 e. The fourth-order valence-corrected chi connectivity index (χ4v) is 3.31. The Balaban J connectivity index is 2.64. The second kappa shape index (κ2) is 8.47. The minimum Gasteiger partial charge on any atom is -0.385 e. The van der Waals surface area contributed by atoms with Gasteiger partial charge in [-0.15, -0.1) is 11.3 Å². The van der Waals surface area contributed by atoms with E-state index in [1.165, 1.54) is 4.57 Å². The van der Waals surface area contributed by atoms with Gasteiger partial charge in [0.1, 0.15) is 16.8 Å². The number of nitrogens with zero attached hydrogens (tertiary/aromatic N) is 3. The average Bonchev–Trinajstić information content (AvgIpc) is 2.88. The third-order valence-electron chi connectivity index (χ3n) is 3.24. The second-order valence-electron chi connectivity index (χ2n) is 4.87. The Morgan fingerprint density at radius 1 is 1.33 bits per heavy atom. The summed E-state index contributed by atoms with van der Waals surface area (Å²) in [7, 11) is 1.58. The third-order valence-corrected chi connectivity index (χ3v) is 4.63. The van der Waals surface area contributed by atoms with Gasteiger partial charge in [-0.25, -0.2) is 0 Å². The molecule has 24 heavy (non-hydrogen) atoms. The molecule has 0 unspecified atom stereocenters. The fraction of sp³-hybridized carbons (Fsp3) is 0.235. The van der Waals surface area contributed by atoms with Crippen LogP contribution in [0.25, 0.3) is 11.6 Å². The predicted molar refractivity (Wildman–Crippen MR) is 94.0 cm³/mol. The lowest BCUT2D eigenvalue weighted by Crippen LogP contribution is -2.32. The number of hydrogen-bond acceptors (Lipinski definition) is 5. The molecule has 0 bridgehead atoms. The maximum Gasteiger partial charge on any atom is 0.269 e. The van der Waals surface area contributed by atoms with Crippen molar-refractivity contribution < 1.29 is 4.74 Å². The van der Waals surface area contributed by atoms with Gasteiger partial charge in [-0.3, -0.25) is 9.36 Å². The molecule has 0 saturated heterocycles. The lowest BCUT2D eigenvalue weighted by Gasteiger charge is -2.01. The number of thiazole rings is 1. The summed E-state index contributed by atoms with van der Waals surface area (Å²) in [5.74, 6) is 0. The van der Waals surface area contributed by atoms with Crippen LogP contribution in [-0.2, 0) is 11.3 Å². The maximum absolute atomic E-state index is 12.6. The number of halogens is 1. The van der Waals surface area contributed by atoms with Crippen LogP contribution in [0.5, 0.6) is 0 Å². The maximum atomic E-state index is 12.6. The topological polar surface area (TPSA) is 78.8 Å². The summed E-state index contributed by atoms with van der Waals surface area (Å²) in [6.07, 6.45) is 2.34. The molecule has 0 atom stereocenters. The van der Waals surface area contributed by atoms with Crippen LogP contribution >= 0.6 is 22.9 Å². The number of ether oxygens (including phenoxy) is 1. The zero-order valence-electron chi connectivity index (χ0n) is 13.0. The van der Waals surface area contributed by atoms with E-state index < -0.39 is 0 Å². The summed E-state index contributed by atoms with van der Waals surface area (Å²) in [5.41, 5.74) is 0.540. The molecule has 5 nitrogen and oxygen atoms in total. The van der Waals surface area contributed by atoms with Crippen LogP contribution < -0.4 is 14.8 Å².